The first-order chi connectivity index (χ1) is 12.5. The van der Waals surface area contributed by atoms with E-state index in [4.69, 9.17) is 4.74 Å². The summed E-state index contributed by atoms with van der Waals surface area (Å²) in [6.07, 6.45) is 2.29. The number of carbonyl (C=O) groups excluding carboxylic acids is 2. The quantitative estimate of drug-likeness (QED) is 0.743. The predicted molar refractivity (Wildman–Crippen MR) is 102 cm³/mol. The number of likely N-dealkylation sites (N-methyl/N-ethyl adjacent to an activating group) is 1. The van der Waals surface area contributed by atoms with Crippen molar-refractivity contribution < 1.29 is 14.3 Å². The van der Waals surface area contributed by atoms with Crippen LogP contribution in [0.15, 0.2) is 24.3 Å². The van der Waals surface area contributed by atoms with Crippen LogP contribution in [0.25, 0.3) is 0 Å². The first kappa shape index (κ1) is 20.2. The molecule has 1 fully saturated rings. The summed E-state index contributed by atoms with van der Waals surface area (Å²) >= 11 is 0. The van der Waals surface area contributed by atoms with Crippen LogP contribution in [0, 0.1) is 5.92 Å². The number of rotatable bonds is 8. The van der Waals surface area contributed by atoms with Gasteiger partial charge in [-0.25, -0.2) is 0 Å². The molecule has 2 unspecified atom stereocenters. The van der Waals surface area contributed by atoms with Gasteiger partial charge in [0.2, 0.25) is 5.91 Å². The van der Waals surface area contributed by atoms with Crippen LogP contribution in [-0.2, 0) is 4.79 Å². The Bertz CT molecular complexity index is 601. The molecule has 2 amide bonds. The van der Waals surface area contributed by atoms with Crippen LogP contribution in [0.3, 0.4) is 0 Å². The fraction of sp³-hybridized carbons (Fsp3) is 0.600. The fourth-order valence-corrected chi connectivity index (χ4v) is 3.37. The molecule has 6 heteroatoms. The highest BCUT2D eigenvalue weighted by molar-refractivity contribution is 5.97. The normalized spacial score (nSPS) is 18.6. The molecule has 1 aliphatic heterocycles. The highest BCUT2D eigenvalue weighted by Gasteiger charge is 2.27. The van der Waals surface area contributed by atoms with Gasteiger partial charge in [-0.3, -0.25) is 14.5 Å². The largest absolute Gasteiger partial charge is 0.497 e. The van der Waals surface area contributed by atoms with Gasteiger partial charge in [0.1, 0.15) is 11.8 Å². The highest BCUT2D eigenvalue weighted by atomic mass is 16.5. The Morgan fingerprint density at radius 1 is 1.27 bits per heavy atom. The molecule has 0 radical (unpaired) electrons. The summed E-state index contributed by atoms with van der Waals surface area (Å²) in [6, 6.07) is 6.70. The minimum absolute atomic E-state index is 0.00283. The molecule has 0 bridgehead atoms. The number of nitrogens with one attached hydrogen (secondary N) is 2. The minimum atomic E-state index is -0.555. The lowest BCUT2D eigenvalue weighted by molar-refractivity contribution is -0.124. The Morgan fingerprint density at radius 2 is 1.96 bits per heavy atom. The monoisotopic (exact) mass is 361 g/mol. The molecular weight excluding hydrogens is 330 g/mol. The van der Waals surface area contributed by atoms with Gasteiger partial charge < -0.3 is 15.4 Å². The van der Waals surface area contributed by atoms with Gasteiger partial charge in [0.15, 0.2) is 0 Å². The molecule has 0 aliphatic carbocycles. The van der Waals surface area contributed by atoms with Gasteiger partial charge in [0.05, 0.1) is 7.11 Å². The van der Waals surface area contributed by atoms with Crippen molar-refractivity contribution in [3.05, 3.63) is 29.8 Å². The third kappa shape index (κ3) is 5.21. The second-order valence-electron chi connectivity index (χ2n) is 7.09. The van der Waals surface area contributed by atoms with Crippen LogP contribution in [-0.4, -0.2) is 55.5 Å². The third-order valence-corrected chi connectivity index (χ3v) is 5.01. The lowest BCUT2D eigenvalue weighted by atomic mass is 10.0. The number of methoxy groups -OCH3 is 1. The number of benzene rings is 1. The van der Waals surface area contributed by atoms with Crippen molar-refractivity contribution in [3.63, 3.8) is 0 Å². The lowest BCUT2D eigenvalue weighted by Gasteiger charge is -2.26. The molecule has 1 aromatic carbocycles. The minimum Gasteiger partial charge on any atom is -0.497 e. The average molecular weight is 361 g/mol. The fourth-order valence-electron chi connectivity index (χ4n) is 3.37. The summed E-state index contributed by atoms with van der Waals surface area (Å²) < 4.78 is 5.11. The zero-order valence-electron chi connectivity index (χ0n) is 16.2. The first-order valence-corrected chi connectivity index (χ1v) is 9.43. The molecule has 0 spiro atoms. The number of hydrogen-bond acceptors (Lipinski definition) is 4. The van der Waals surface area contributed by atoms with E-state index in [1.807, 2.05) is 13.8 Å². The second-order valence-corrected chi connectivity index (χ2v) is 7.09. The van der Waals surface area contributed by atoms with E-state index >= 15 is 0 Å². The van der Waals surface area contributed by atoms with Crippen molar-refractivity contribution in [1.29, 1.82) is 0 Å². The Hall–Kier alpha value is -2.08. The van der Waals surface area contributed by atoms with Crippen LogP contribution < -0.4 is 15.4 Å². The van der Waals surface area contributed by atoms with Crippen molar-refractivity contribution in [2.45, 2.75) is 45.7 Å². The Kier molecular flexibility index (Phi) is 7.45. The molecule has 2 rings (SSSR count). The summed E-state index contributed by atoms with van der Waals surface area (Å²) in [7, 11) is 1.58. The number of carbonyl (C=O) groups is 2. The molecule has 2 atom stereocenters. The molecule has 0 aromatic heterocycles. The van der Waals surface area contributed by atoms with Crippen LogP contribution in [0.4, 0.5) is 0 Å². The summed E-state index contributed by atoms with van der Waals surface area (Å²) in [4.78, 5) is 27.5. The van der Waals surface area contributed by atoms with Gasteiger partial charge in [-0.2, -0.15) is 0 Å². The first-order valence-electron chi connectivity index (χ1n) is 9.43. The molecule has 26 heavy (non-hydrogen) atoms. The molecule has 2 N–H and O–H groups in total. The van der Waals surface area contributed by atoms with Crippen molar-refractivity contribution in [1.82, 2.24) is 15.5 Å². The maximum Gasteiger partial charge on any atom is 0.251 e. The van der Waals surface area contributed by atoms with E-state index in [1.54, 1.807) is 31.4 Å². The van der Waals surface area contributed by atoms with E-state index in [9.17, 15) is 9.59 Å². The second kappa shape index (κ2) is 9.57. The van der Waals surface area contributed by atoms with Crippen LogP contribution in [0.5, 0.6) is 5.75 Å². The maximum atomic E-state index is 12.6. The van der Waals surface area contributed by atoms with Crippen LogP contribution in [0.1, 0.15) is 44.0 Å². The van der Waals surface area contributed by atoms with Gasteiger partial charge >= 0.3 is 0 Å². The van der Waals surface area contributed by atoms with Gasteiger partial charge in [-0.15, -0.1) is 0 Å². The number of amides is 2. The van der Waals surface area contributed by atoms with Gasteiger partial charge in [-0.1, -0.05) is 20.8 Å². The number of ether oxygens (including phenoxy) is 1. The molecular formula is C20H31N3O3. The lowest BCUT2D eigenvalue weighted by Crippen LogP contribution is -2.52. The molecule has 6 nitrogen and oxygen atoms in total. The van der Waals surface area contributed by atoms with Gasteiger partial charge in [0.25, 0.3) is 5.91 Å². The summed E-state index contributed by atoms with van der Waals surface area (Å²) in [5.74, 6) is 0.321. The van der Waals surface area contributed by atoms with E-state index < -0.39 is 6.04 Å². The standard InChI is InChI=1S/C20H31N3O3/c1-5-23-12-6-7-16(23)13-21-20(25)18(14(2)3)22-19(24)15-8-10-17(26-4)11-9-15/h8-11,14,16,18H,5-7,12-13H2,1-4H3,(H,21,25)(H,22,24). The average Bonchev–Trinajstić information content (AvgIpc) is 3.11. The van der Waals surface area contributed by atoms with Crippen LogP contribution >= 0.6 is 0 Å². The zero-order chi connectivity index (χ0) is 19.1. The van der Waals surface area contributed by atoms with Crippen molar-refractivity contribution in [2.75, 3.05) is 26.7 Å². The van der Waals surface area contributed by atoms with E-state index in [0.29, 0.717) is 23.9 Å². The van der Waals surface area contributed by atoms with Crippen molar-refractivity contribution in [3.8, 4) is 5.75 Å². The summed E-state index contributed by atoms with van der Waals surface area (Å²) in [6.45, 7) is 8.75. The highest BCUT2D eigenvalue weighted by Crippen LogP contribution is 2.16. The Balaban J connectivity index is 1.94. The molecule has 1 aliphatic rings. The molecule has 1 heterocycles. The summed E-state index contributed by atoms with van der Waals surface area (Å²) in [5, 5.41) is 5.90. The number of likely N-dealkylation sites (tertiary alicyclic amines) is 1. The van der Waals surface area contributed by atoms with Crippen molar-refractivity contribution >= 4 is 11.8 Å². The van der Waals surface area contributed by atoms with E-state index in [2.05, 4.69) is 22.5 Å². The van der Waals surface area contributed by atoms with E-state index in [-0.39, 0.29) is 17.7 Å². The molecule has 1 saturated heterocycles. The topological polar surface area (TPSA) is 70.7 Å². The van der Waals surface area contributed by atoms with Gasteiger partial charge in [-0.05, 0) is 56.1 Å². The molecule has 0 saturated carbocycles. The predicted octanol–water partition coefficient (Wildman–Crippen LogP) is 2.05. The number of hydrogen-bond donors (Lipinski definition) is 2. The maximum absolute atomic E-state index is 12.6. The third-order valence-electron chi connectivity index (χ3n) is 5.01. The van der Waals surface area contributed by atoms with Gasteiger partial charge in [0, 0.05) is 18.2 Å². The smallest absolute Gasteiger partial charge is 0.251 e. The van der Waals surface area contributed by atoms with Crippen LogP contribution in [0.2, 0.25) is 0 Å². The SMILES string of the molecule is CCN1CCCC1CNC(=O)C(NC(=O)c1ccc(OC)cc1)C(C)C. The molecule has 1 aromatic rings. The Morgan fingerprint density at radius 3 is 2.54 bits per heavy atom. The Labute approximate surface area is 156 Å². The zero-order valence-corrected chi connectivity index (χ0v) is 16.2. The van der Waals surface area contributed by atoms with Crippen molar-refractivity contribution in [2.24, 2.45) is 5.92 Å². The number of nitrogens with zero attached hydrogens (tertiary/aromatic N) is 1. The van der Waals surface area contributed by atoms with E-state index in [0.717, 1.165) is 19.5 Å². The van der Waals surface area contributed by atoms with E-state index in [1.165, 1.54) is 6.42 Å². The summed E-state index contributed by atoms with van der Waals surface area (Å²) in [5.41, 5.74) is 0.511. The molecule has 144 valence electrons.